The molecular formula is C48H52Cl2N4O5S2. The molecule has 61 heavy (non-hydrogen) atoms. The van der Waals surface area contributed by atoms with E-state index in [2.05, 4.69) is 86.5 Å². The van der Waals surface area contributed by atoms with Crippen LogP contribution >= 0.6 is 45.9 Å². The second-order valence-electron chi connectivity index (χ2n) is 17.3. The van der Waals surface area contributed by atoms with Gasteiger partial charge in [-0.1, -0.05) is 76.9 Å². The number of hydrogen-bond donors (Lipinski definition) is 4. The zero-order valence-electron chi connectivity index (χ0n) is 35.2. The van der Waals surface area contributed by atoms with Gasteiger partial charge in [-0.15, -0.1) is 22.7 Å². The summed E-state index contributed by atoms with van der Waals surface area (Å²) in [6.07, 6.45) is 4.76. The van der Waals surface area contributed by atoms with Crippen molar-refractivity contribution in [2.75, 3.05) is 26.2 Å². The fraction of sp³-hybridized carbons (Fsp3) is 0.333. The molecule has 0 radical (unpaired) electrons. The van der Waals surface area contributed by atoms with Crippen LogP contribution in [0.15, 0.2) is 96.0 Å². The van der Waals surface area contributed by atoms with Crippen LogP contribution in [0.5, 0.6) is 0 Å². The number of carboxylic acid groups (broad SMARTS) is 1. The van der Waals surface area contributed by atoms with Crippen molar-refractivity contribution >= 4 is 57.8 Å². The second-order valence-corrected chi connectivity index (χ2v) is 19.9. The summed E-state index contributed by atoms with van der Waals surface area (Å²) < 4.78 is 0. The molecule has 0 aliphatic carbocycles. The van der Waals surface area contributed by atoms with E-state index in [-0.39, 0.29) is 28.4 Å². The van der Waals surface area contributed by atoms with Gasteiger partial charge < -0.3 is 25.5 Å². The molecule has 320 valence electrons. The monoisotopic (exact) mass is 898 g/mol. The Labute approximate surface area is 376 Å². The molecule has 4 N–H and O–H groups in total. The lowest BCUT2D eigenvalue weighted by atomic mass is 9.90. The Kier molecular flexibility index (Phi) is 14.9. The molecule has 0 saturated carbocycles. The first-order valence-corrected chi connectivity index (χ1v) is 22.7. The summed E-state index contributed by atoms with van der Waals surface area (Å²) >= 11 is 16.1. The average Bonchev–Trinajstić information content (AvgIpc) is 4.07. The molecule has 9 nitrogen and oxygen atoms in total. The molecule has 8 rings (SSSR count). The fourth-order valence-corrected chi connectivity index (χ4v) is 9.15. The quantitative estimate of drug-likeness (QED) is 0.130. The van der Waals surface area contributed by atoms with Crippen LogP contribution in [-0.2, 0) is 10.8 Å². The van der Waals surface area contributed by atoms with E-state index in [0.29, 0.717) is 35.1 Å². The Bertz CT molecular complexity index is 2480. The SMILES string of the molecule is CC(C)(C)c1cc(-c2cc(-c3ccc(C(=O)N4CC[C@@H](O)C4)cc3Cl)cs2)ccn1.CC(C)(C)c1cc(-c2cc(-c3ccc(C(=O)O)cc3Cl)cs2)ccn1.O[C@@H]1CCNC1. The van der Waals surface area contributed by atoms with Crippen LogP contribution in [0, 0.1) is 0 Å². The summed E-state index contributed by atoms with van der Waals surface area (Å²) in [5.41, 5.74) is 8.84. The van der Waals surface area contributed by atoms with E-state index in [9.17, 15) is 14.7 Å². The van der Waals surface area contributed by atoms with Crippen LogP contribution in [0.2, 0.25) is 10.0 Å². The van der Waals surface area contributed by atoms with Crippen LogP contribution in [0.3, 0.4) is 0 Å². The Morgan fingerprint density at radius 1 is 0.689 bits per heavy atom. The summed E-state index contributed by atoms with van der Waals surface area (Å²) in [4.78, 5) is 36.6. The van der Waals surface area contributed by atoms with E-state index in [1.54, 1.807) is 45.8 Å². The van der Waals surface area contributed by atoms with Crippen molar-refractivity contribution in [3.05, 3.63) is 129 Å². The first-order chi connectivity index (χ1) is 28.9. The smallest absolute Gasteiger partial charge is 0.335 e. The van der Waals surface area contributed by atoms with Crippen LogP contribution < -0.4 is 5.32 Å². The predicted molar refractivity (Wildman–Crippen MR) is 250 cm³/mol. The average molecular weight is 900 g/mol. The lowest BCUT2D eigenvalue weighted by molar-refractivity contribution is 0.0696. The standard InChI is InChI=1S/C24H25ClN2O2S.C20H18ClNO2S.C4H9NO/c1-24(2,3)22-12-15(6-8-26-22)21-11-17(14-30-21)19-5-4-16(10-20(19)25)23(29)27-9-7-18(28)13-27;1-20(2,3)18-10-12(6-7-22-18)17-9-14(11-25-17)15-5-4-13(19(23)24)8-16(15)21;6-4-1-2-5-3-4/h4-6,8,10-12,14,18,28H,7,9,13H2,1-3H3;4-11H,1-3H3,(H,23,24);4-6H,1-3H2/t18-;;4-/m1.1/s1. The number of likely N-dealkylation sites (tertiary alicyclic amines) is 1. The van der Waals surface area contributed by atoms with Crippen molar-refractivity contribution in [1.82, 2.24) is 20.2 Å². The highest BCUT2D eigenvalue weighted by Crippen LogP contribution is 2.39. The summed E-state index contributed by atoms with van der Waals surface area (Å²) in [6, 6.07) is 22.8. The molecule has 13 heteroatoms. The van der Waals surface area contributed by atoms with E-state index in [0.717, 1.165) is 74.0 Å². The lowest BCUT2D eigenvalue weighted by Gasteiger charge is -2.17. The number of β-amino-alcohol motifs (C(OH)–C–C–N with tert-alkyl or cyclic N) is 2. The molecule has 4 aromatic heterocycles. The second kappa shape index (κ2) is 19.7. The van der Waals surface area contributed by atoms with Gasteiger partial charge in [0.1, 0.15) is 0 Å². The number of carbonyl (C=O) groups is 2. The molecule has 2 saturated heterocycles. The molecule has 0 spiro atoms. The Hall–Kier alpha value is -4.46. The summed E-state index contributed by atoms with van der Waals surface area (Å²) in [6.45, 7) is 15.6. The van der Waals surface area contributed by atoms with Crippen LogP contribution in [0.25, 0.3) is 43.1 Å². The molecule has 2 atom stereocenters. The third-order valence-electron chi connectivity index (χ3n) is 10.4. The number of aromatic carboxylic acids is 1. The highest BCUT2D eigenvalue weighted by molar-refractivity contribution is 7.14. The number of benzene rings is 2. The fourth-order valence-electron chi connectivity index (χ4n) is 6.76. The van der Waals surface area contributed by atoms with Gasteiger partial charge in [0.15, 0.2) is 0 Å². The molecule has 2 aliphatic heterocycles. The zero-order chi connectivity index (χ0) is 44.1. The van der Waals surface area contributed by atoms with Gasteiger partial charge >= 0.3 is 5.97 Å². The highest BCUT2D eigenvalue weighted by Gasteiger charge is 2.26. The molecule has 1 amide bonds. The number of aromatic nitrogens is 2. The first-order valence-electron chi connectivity index (χ1n) is 20.2. The molecule has 2 fully saturated rings. The minimum Gasteiger partial charge on any atom is -0.478 e. The van der Waals surface area contributed by atoms with Crippen LogP contribution in [-0.4, -0.2) is 80.5 Å². The van der Waals surface area contributed by atoms with Crippen molar-refractivity contribution in [3.8, 4) is 43.1 Å². The molecular weight excluding hydrogens is 848 g/mol. The number of nitrogens with zero attached hydrogens (tertiary/aromatic N) is 3. The molecule has 6 heterocycles. The lowest BCUT2D eigenvalue weighted by Crippen LogP contribution is -2.29. The predicted octanol–water partition coefficient (Wildman–Crippen LogP) is 11.1. The third kappa shape index (κ3) is 11.9. The molecule has 2 aliphatic rings. The van der Waals surface area contributed by atoms with Gasteiger partial charge in [0.2, 0.25) is 0 Å². The van der Waals surface area contributed by atoms with E-state index >= 15 is 0 Å². The van der Waals surface area contributed by atoms with E-state index < -0.39 is 12.1 Å². The molecule has 0 unspecified atom stereocenters. The molecule has 0 bridgehead atoms. The van der Waals surface area contributed by atoms with Crippen molar-refractivity contribution < 1.29 is 24.9 Å². The van der Waals surface area contributed by atoms with Crippen LogP contribution in [0.4, 0.5) is 0 Å². The van der Waals surface area contributed by atoms with Gasteiger partial charge in [0.05, 0.1) is 17.8 Å². The Morgan fingerprint density at radius 3 is 1.59 bits per heavy atom. The number of aliphatic hydroxyl groups excluding tert-OH is 2. The van der Waals surface area contributed by atoms with Crippen LogP contribution in [0.1, 0.15) is 86.5 Å². The van der Waals surface area contributed by atoms with E-state index in [1.165, 1.54) is 6.07 Å². The summed E-state index contributed by atoms with van der Waals surface area (Å²) in [5, 5.41) is 35.5. The number of hydrogen-bond acceptors (Lipinski definition) is 9. The number of nitrogens with one attached hydrogen (secondary N) is 1. The highest BCUT2D eigenvalue weighted by atomic mass is 35.5. The van der Waals surface area contributed by atoms with Gasteiger partial charge in [-0.3, -0.25) is 14.8 Å². The van der Waals surface area contributed by atoms with E-state index in [4.69, 9.17) is 33.4 Å². The number of carbonyl (C=O) groups excluding carboxylic acids is 1. The maximum Gasteiger partial charge on any atom is 0.335 e. The first kappa shape index (κ1) is 46.1. The number of halogens is 2. The third-order valence-corrected chi connectivity index (χ3v) is 12.9. The summed E-state index contributed by atoms with van der Waals surface area (Å²) in [7, 11) is 0. The van der Waals surface area contributed by atoms with Gasteiger partial charge in [0.25, 0.3) is 5.91 Å². The topological polar surface area (TPSA) is 136 Å². The normalized spacial score (nSPS) is 16.4. The minimum atomic E-state index is -0.981. The maximum absolute atomic E-state index is 12.6. The number of aliphatic hydroxyl groups is 2. The molecule has 2 aromatic carbocycles. The van der Waals surface area contributed by atoms with Crippen molar-refractivity contribution in [3.63, 3.8) is 0 Å². The minimum absolute atomic E-state index is 0.00678. The van der Waals surface area contributed by atoms with E-state index in [1.807, 2.05) is 42.0 Å². The van der Waals surface area contributed by atoms with Crippen molar-refractivity contribution in [2.24, 2.45) is 0 Å². The number of carboxylic acids is 1. The Balaban J connectivity index is 0.000000181. The zero-order valence-corrected chi connectivity index (χ0v) is 38.4. The number of thiophene rings is 2. The largest absolute Gasteiger partial charge is 0.478 e. The van der Waals surface area contributed by atoms with Crippen molar-refractivity contribution in [1.29, 1.82) is 0 Å². The van der Waals surface area contributed by atoms with Crippen molar-refractivity contribution in [2.45, 2.75) is 77.4 Å². The van der Waals surface area contributed by atoms with Gasteiger partial charge in [-0.2, -0.15) is 0 Å². The molecule has 6 aromatic rings. The summed E-state index contributed by atoms with van der Waals surface area (Å²) in [5.74, 6) is -1.07. The maximum atomic E-state index is 12.6. The number of amides is 1. The Morgan fingerprint density at radius 2 is 1.20 bits per heavy atom. The van der Waals surface area contributed by atoms with Gasteiger partial charge in [0, 0.05) is 90.7 Å². The number of pyridine rings is 2. The van der Waals surface area contributed by atoms with Gasteiger partial charge in [-0.05, 0) is 113 Å². The number of rotatable bonds is 6. The van der Waals surface area contributed by atoms with Gasteiger partial charge in [-0.25, -0.2) is 4.79 Å².